The molecule has 2 aromatic carbocycles. The molecule has 0 aliphatic heterocycles. The predicted molar refractivity (Wildman–Crippen MR) is 97.1 cm³/mol. The number of hydrogen-bond acceptors (Lipinski definition) is 1. The van der Waals surface area contributed by atoms with Gasteiger partial charge in [0.1, 0.15) is 0 Å². The van der Waals surface area contributed by atoms with Gasteiger partial charge in [0, 0.05) is 5.54 Å². The maximum absolute atomic E-state index is 5.35. The van der Waals surface area contributed by atoms with Crippen LogP contribution in [-0.2, 0) is 28.1 Å². The molecule has 1 aliphatic rings. The van der Waals surface area contributed by atoms with E-state index >= 15 is 0 Å². The van der Waals surface area contributed by atoms with Crippen molar-refractivity contribution in [3.63, 3.8) is 0 Å². The first kappa shape index (κ1) is 26.1. The molecule has 0 aromatic heterocycles. The first-order chi connectivity index (χ1) is 9.77. The Morgan fingerprint density at radius 3 is 1.92 bits per heavy atom. The van der Waals surface area contributed by atoms with Gasteiger partial charge in [-0.25, -0.2) is 0 Å². The Morgan fingerprint density at radius 1 is 0.875 bits per heavy atom. The van der Waals surface area contributed by atoms with Crippen molar-refractivity contribution in [1.82, 2.24) is 0 Å². The Labute approximate surface area is 176 Å². The summed E-state index contributed by atoms with van der Waals surface area (Å²) < 4.78 is 0. The molecule has 0 atom stereocenters. The summed E-state index contributed by atoms with van der Waals surface area (Å²) in [5, 5.41) is 1.65. The van der Waals surface area contributed by atoms with Gasteiger partial charge in [-0.2, -0.15) is 0 Å². The summed E-state index contributed by atoms with van der Waals surface area (Å²) >= 11 is 0. The van der Waals surface area contributed by atoms with Crippen LogP contribution in [-0.4, -0.2) is 14.3 Å². The molecule has 0 saturated heterocycles. The molecule has 0 fully saturated rings. The van der Waals surface area contributed by atoms with E-state index in [1.807, 2.05) is 20.8 Å². The molecule has 0 amide bonds. The average Bonchev–Trinajstić information content (AvgIpc) is 2.74. The first-order valence-corrected chi connectivity index (χ1v) is 10.6. The fourth-order valence-electron chi connectivity index (χ4n) is 2.72. The number of halogens is 2. The molecule has 0 saturated carbocycles. The Balaban J connectivity index is 0. The van der Waals surface area contributed by atoms with Gasteiger partial charge in [0.2, 0.25) is 0 Å². The molecule has 0 heterocycles. The fraction of sp³-hybridized carbons (Fsp3) is 0.368. The summed E-state index contributed by atoms with van der Waals surface area (Å²) in [6, 6.07) is 15.7. The molecule has 0 radical (unpaired) electrons. The number of fused-ring (bicyclic) bond motifs is 3. The van der Waals surface area contributed by atoms with Gasteiger partial charge in [-0.3, -0.25) is 0 Å². The van der Waals surface area contributed by atoms with E-state index in [2.05, 4.69) is 55.6 Å². The molecule has 1 nitrogen and oxygen atoms in total. The van der Waals surface area contributed by atoms with Crippen LogP contribution >= 0.6 is 0 Å². The van der Waals surface area contributed by atoms with Crippen LogP contribution in [0.15, 0.2) is 42.5 Å². The number of nitrogens with two attached hydrogens (primary N) is 1. The van der Waals surface area contributed by atoms with E-state index in [1.165, 1.54) is 16.7 Å². The Hall–Kier alpha value is -0.0888. The van der Waals surface area contributed by atoms with Gasteiger partial charge in [0.05, 0.1) is 8.80 Å². The van der Waals surface area contributed by atoms with Crippen molar-refractivity contribution in [3.8, 4) is 11.1 Å². The second kappa shape index (κ2) is 10.8. The molecule has 3 rings (SSSR count). The third-order valence-corrected chi connectivity index (χ3v) is 5.29. The second-order valence-electron chi connectivity index (χ2n) is 7.23. The molecule has 0 bridgehead atoms. The summed E-state index contributed by atoms with van der Waals surface area (Å²) in [4.78, 5) is 0. The minimum Gasteiger partial charge on any atom is -1.00 e. The van der Waals surface area contributed by atoms with Gasteiger partial charge >= 0.3 is 21.7 Å². The molecule has 2 aromatic rings. The van der Waals surface area contributed by atoms with E-state index in [4.69, 9.17) is 5.73 Å². The zero-order chi connectivity index (χ0) is 15.6. The van der Waals surface area contributed by atoms with Crippen LogP contribution in [0.3, 0.4) is 0 Å². The van der Waals surface area contributed by atoms with Crippen LogP contribution in [0.2, 0.25) is 13.1 Å². The maximum Gasteiger partial charge on any atom is 2.00 e. The van der Waals surface area contributed by atoms with Crippen molar-refractivity contribution in [2.75, 3.05) is 0 Å². The Bertz CT molecular complexity index is 634. The summed E-state index contributed by atoms with van der Waals surface area (Å²) in [6.45, 7) is 10.7. The van der Waals surface area contributed by atoms with Crippen LogP contribution in [0.4, 0.5) is 0 Å². The van der Waals surface area contributed by atoms with E-state index in [9.17, 15) is 0 Å². The molecular weight excluding hydrogens is 389 g/mol. The standard InChI is InChI=1S/C15H16Si.C4H11N.2ClH.Ti/c1-16(2)15-9-5-8-13-12-7-4-3-6-11(12)10-14(13)15;1-4(2,3)5;;;/h3-9,16H,10H2,1-2H3;5H2,1-3H3;2*1H;/q;;;;+2/p-2. The molecular formula is C19H27Cl2NSiTi. The quantitative estimate of drug-likeness (QED) is 0.444. The normalized spacial score (nSPS) is 11.0. The summed E-state index contributed by atoms with van der Waals surface area (Å²) in [5.74, 6) is 0. The number of benzene rings is 2. The monoisotopic (exact) mass is 415 g/mol. The number of rotatable bonds is 1. The summed E-state index contributed by atoms with van der Waals surface area (Å²) in [5.41, 5.74) is 11.4. The van der Waals surface area contributed by atoms with Crippen molar-refractivity contribution in [1.29, 1.82) is 0 Å². The van der Waals surface area contributed by atoms with Gasteiger partial charge in [-0.1, -0.05) is 60.7 Å². The molecule has 1 aliphatic carbocycles. The van der Waals surface area contributed by atoms with Crippen molar-refractivity contribution in [2.45, 2.75) is 45.8 Å². The third-order valence-electron chi connectivity index (χ3n) is 3.51. The van der Waals surface area contributed by atoms with Gasteiger partial charge in [0.25, 0.3) is 0 Å². The van der Waals surface area contributed by atoms with E-state index in [1.54, 1.807) is 10.8 Å². The summed E-state index contributed by atoms with van der Waals surface area (Å²) in [7, 11) is -0.705. The van der Waals surface area contributed by atoms with Gasteiger partial charge in [0.15, 0.2) is 0 Å². The van der Waals surface area contributed by atoms with Gasteiger partial charge in [-0.15, -0.1) is 0 Å². The molecule has 130 valence electrons. The zero-order valence-corrected chi connectivity index (χ0v) is 19.4. The predicted octanol–water partition coefficient (Wildman–Crippen LogP) is -2.30. The third kappa shape index (κ3) is 7.03. The van der Waals surface area contributed by atoms with E-state index in [0.29, 0.717) is 0 Å². The second-order valence-corrected chi connectivity index (χ2v) is 10.2. The Morgan fingerprint density at radius 2 is 1.38 bits per heavy atom. The van der Waals surface area contributed by atoms with E-state index in [-0.39, 0.29) is 52.1 Å². The van der Waals surface area contributed by atoms with Crippen LogP contribution in [0.5, 0.6) is 0 Å². The minimum atomic E-state index is -0.705. The smallest absolute Gasteiger partial charge is 1.00 e. The van der Waals surface area contributed by atoms with E-state index in [0.717, 1.165) is 6.42 Å². The first-order valence-electron chi connectivity index (χ1n) is 7.76. The van der Waals surface area contributed by atoms with Crippen molar-refractivity contribution < 1.29 is 46.5 Å². The molecule has 2 N–H and O–H groups in total. The molecule has 0 unspecified atom stereocenters. The average molecular weight is 416 g/mol. The van der Waals surface area contributed by atoms with Gasteiger partial charge < -0.3 is 30.5 Å². The topological polar surface area (TPSA) is 26.0 Å². The van der Waals surface area contributed by atoms with Crippen LogP contribution in [0.1, 0.15) is 31.9 Å². The molecule has 0 spiro atoms. The van der Waals surface area contributed by atoms with Gasteiger partial charge in [-0.05, 0) is 49.4 Å². The Kier molecular flexibility index (Phi) is 11.8. The molecule has 24 heavy (non-hydrogen) atoms. The minimum absolute atomic E-state index is 0. The van der Waals surface area contributed by atoms with Crippen LogP contribution < -0.4 is 35.7 Å². The zero-order valence-electron chi connectivity index (χ0n) is 15.2. The van der Waals surface area contributed by atoms with Crippen molar-refractivity contribution >= 4 is 14.0 Å². The van der Waals surface area contributed by atoms with E-state index < -0.39 is 8.80 Å². The number of hydrogen-bond donors (Lipinski definition) is 1. The largest absolute Gasteiger partial charge is 2.00 e. The van der Waals surface area contributed by atoms with Crippen LogP contribution in [0.25, 0.3) is 11.1 Å². The fourth-order valence-corrected chi connectivity index (χ4v) is 4.17. The van der Waals surface area contributed by atoms with Crippen LogP contribution in [0, 0.1) is 0 Å². The van der Waals surface area contributed by atoms with Crippen molar-refractivity contribution in [2.24, 2.45) is 5.73 Å². The van der Waals surface area contributed by atoms with Crippen molar-refractivity contribution in [3.05, 3.63) is 53.6 Å². The maximum atomic E-state index is 5.35. The SMILES string of the molecule is CC(C)(C)N.C[SiH](C)c1cccc2c1Cc1ccccc1-2.[Cl-].[Cl-].[Ti+2]. The summed E-state index contributed by atoms with van der Waals surface area (Å²) in [6.07, 6.45) is 1.15. The molecule has 5 heteroatoms.